The molecule has 0 aliphatic rings. The fraction of sp³-hybridized carbons (Fsp3) is 0.667. The van der Waals surface area contributed by atoms with Gasteiger partial charge >= 0.3 is 0 Å². The Labute approximate surface area is 119 Å². The topological polar surface area (TPSA) is 12.0 Å². The lowest BCUT2D eigenvalue weighted by molar-refractivity contribution is 0.214. The van der Waals surface area contributed by atoms with Gasteiger partial charge in [-0.1, -0.05) is 50.6 Å². The van der Waals surface area contributed by atoms with Gasteiger partial charge < -0.3 is 5.32 Å². The van der Waals surface area contributed by atoms with Crippen LogP contribution in [0.4, 0.5) is 0 Å². The predicted molar refractivity (Wildman–Crippen MR) is 85.6 cm³/mol. The zero-order valence-electron chi connectivity index (χ0n) is 13.8. The third kappa shape index (κ3) is 6.24. The van der Waals surface area contributed by atoms with E-state index in [1.807, 2.05) is 0 Å². The Morgan fingerprint density at radius 3 is 1.89 bits per heavy atom. The third-order valence-corrected chi connectivity index (χ3v) is 3.71. The summed E-state index contributed by atoms with van der Waals surface area (Å²) in [6.07, 6.45) is 1.15. The Kier molecular flexibility index (Phi) is 5.20. The molecule has 1 heteroatoms. The van der Waals surface area contributed by atoms with Crippen LogP contribution in [0.25, 0.3) is 0 Å². The van der Waals surface area contributed by atoms with Crippen molar-refractivity contribution in [1.82, 2.24) is 5.32 Å². The molecule has 0 saturated heterocycles. The van der Waals surface area contributed by atoms with Crippen LogP contribution in [0.3, 0.4) is 0 Å². The molecule has 0 heterocycles. The minimum Gasteiger partial charge on any atom is -0.312 e. The molecule has 1 N–H and O–H groups in total. The summed E-state index contributed by atoms with van der Waals surface area (Å²) in [5.41, 5.74) is 3.30. The van der Waals surface area contributed by atoms with Crippen molar-refractivity contribution in [2.45, 2.75) is 60.4 Å². The summed E-state index contributed by atoms with van der Waals surface area (Å²) < 4.78 is 0. The molecule has 1 aromatic rings. The molecule has 0 aromatic heterocycles. The Balaban J connectivity index is 2.73. The van der Waals surface area contributed by atoms with Gasteiger partial charge in [0.05, 0.1) is 0 Å². The van der Waals surface area contributed by atoms with Gasteiger partial charge in [-0.15, -0.1) is 0 Å². The normalized spacial score (nSPS) is 14.5. The molecular weight excluding hydrogens is 230 g/mol. The van der Waals surface area contributed by atoms with Crippen LogP contribution in [-0.2, 0) is 6.42 Å². The Morgan fingerprint density at radius 1 is 0.947 bits per heavy atom. The standard InChI is InChI=1S/C18H31N/c1-14-8-10-15(11-9-14)12-16(17(2,3)4)13-19-18(5,6)7/h8-11,16,19H,12-13H2,1-7H3. The summed E-state index contributed by atoms with van der Waals surface area (Å²) in [6.45, 7) is 16.9. The number of hydrogen-bond donors (Lipinski definition) is 1. The molecule has 1 unspecified atom stereocenters. The van der Waals surface area contributed by atoms with Crippen LogP contribution in [0.5, 0.6) is 0 Å². The molecule has 19 heavy (non-hydrogen) atoms. The van der Waals surface area contributed by atoms with Crippen LogP contribution in [0, 0.1) is 18.3 Å². The van der Waals surface area contributed by atoms with Gasteiger partial charge in [-0.3, -0.25) is 0 Å². The van der Waals surface area contributed by atoms with Gasteiger partial charge in [-0.2, -0.15) is 0 Å². The van der Waals surface area contributed by atoms with Crippen molar-refractivity contribution in [1.29, 1.82) is 0 Å². The van der Waals surface area contributed by atoms with Crippen LogP contribution in [0.1, 0.15) is 52.7 Å². The maximum absolute atomic E-state index is 3.66. The van der Waals surface area contributed by atoms with Crippen LogP contribution < -0.4 is 5.32 Å². The molecule has 0 aliphatic heterocycles. The van der Waals surface area contributed by atoms with Crippen molar-refractivity contribution >= 4 is 0 Å². The van der Waals surface area contributed by atoms with Crippen LogP contribution in [0.15, 0.2) is 24.3 Å². The quantitative estimate of drug-likeness (QED) is 0.836. The highest BCUT2D eigenvalue weighted by Gasteiger charge is 2.26. The number of nitrogens with one attached hydrogen (secondary N) is 1. The first-order valence-corrected chi connectivity index (χ1v) is 7.38. The molecule has 0 amide bonds. The zero-order chi connectivity index (χ0) is 14.7. The van der Waals surface area contributed by atoms with Crippen molar-refractivity contribution in [3.63, 3.8) is 0 Å². The Bertz CT molecular complexity index is 376. The van der Waals surface area contributed by atoms with Gasteiger partial charge in [0.25, 0.3) is 0 Å². The smallest absolute Gasteiger partial charge is 0.00966 e. The lowest BCUT2D eigenvalue weighted by atomic mass is 9.77. The lowest BCUT2D eigenvalue weighted by Crippen LogP contribution is -2.42. The monoisotopic (exact) mass is 261 g/mol. The molecule has 0 bridgehead atoms. The highest BCUT2D eigenvalue weighted by molar-refractivity contribution is 5.22. The van der Waals surface area contributed by atoms with Crippen molar-refractivity contribution in [2.75, 3.05) is 6.54 Å². The second-order valence-corrected chi connectivity index (χ2v) is 7.88. The van der Waals surface area contributed by atoms with Gasteiger partial charge in [0.1, 0.15) is 0 Å². The predicted octanol–water partition coefficient (Wildman–Crippen LogP) is 4.59. The molecule has 0 radical (unpaired) electrons. The van der Waals surface area contributed by atoms with Crippen molar-refractivity contribution in [2.24, 2.45) is 11.3 Å². The second-order valence-electron chi connectivity index (χ2n) is 7.88. The molecule has 1 nitrogen and oxygen atoms in total. The van der Waals surface area contributed by atoms with E-state index >= 15 is 0 Å². The number of rotatable bonds is 4. The van der Waals surface area contributed by atoms with Gasteiger partial charge in [0.15, 0.2) is 0 Å². The minimum absolute atomic E-state index is 0.191. The minimum atomic E-state index is 0.191. The summed E-state index contributed by atoms with van der Waals surface area (Å²) in [6, 6.07) is 8.97. The summed E-state index contributed by atoms with van der Waals surface area (Å²) in [5.74, 6) is 0.648. The number of aryl methyl sites for hydroxylation is 1. The van der Waals surface area contributed by atoms with E-state index in [2.05, 4.69) is 78.0 Å². The zero-order valence-corrected chi connectivity index (χ0v) is 13.8. The maximum atomic E-state index is 3.66. The molecule has 108 valence electrons. The van der Waals surface area contributed by atoms with Crippen molar-refractivity contribution in [3.8, 4) is 0 Å². The third-order valence-electron chi connectivity index (χ3n) is 3.71. The van der Waals surface area contributed by atoms with E-state index in [1.165, 1.54) is 11.1 Å². The van der Waals surface area contributed by atoms with Gasteiger partial charge in [-0.25, -0.2) is 0 Å². The largest absolute Gasteiger partial charge is 0.312 e. The molecule has 1 atom stereocenters. The average molecular weight is 261 g/mol. The summed E-state index contributed by atoms with van der Waals surface area (Å²) in [4.78, 5) is 0. The molecule has 0 saturated carbocycles. The highest BCUT2D eigenvalue weighted by atomic mass is 14.9. The molecule has 0 fully saturated rings. The van der Waals surface area contributed by atoms with E-state index in [0.29, 0.717) is 11.3 Å². The summed E-state index contributed by atoms with van der Waals surface area (Å²) >= 11 is 0. The summed E-state index contributed by atoms with van der Waals surface area (Å²) in [5, 5.41) is 3.66. The van der Waals surface area contributed by atoms with Crippen molar-refractivity contribution in [3.05, 3.63) is 35.4 Å². The van der Waals surface area contributed by atoms with Crippen molar-refractivity contribution < 1.29 is 0 Å². The SMILES string of the molecule is Cc1ccc(CC(CNC(C)(C)C)C(C)(C)C)cc1. The van der Waals surface area contributed by atoms with E-state index in [0.717, 1.165) is 13.0 Å². The molecule has 0 spiro atoms. The second kappa shape index (κ2) is 6.09. The van der Waals surface area contributed by atoms with Crippen LogP contribution >= 0.6 is 0 Å². The maximum Gasteiger partial charge on any atom is 0.00966 e. The van der Waals surface area contributed by atoms with Crippen LogP contribution in [0.2, 0.25) is 0 Å². The number of benzene rings is 1. The highest BCUT2D eigenvalue weighted by Crippen LogP contribution is 2.29. The van der Waals surface area contributed by atoms with E-state index in [1.54, 1.807) is 0 Å². The van der Waals surface area contributed by atoms with Gasteiger partial charge in [0, 0.05) is 5.54 Å². The first-order valence-electron chi connectivity index (χ1n) is 7.38. The van der Waals surface area contributed by atoms with Gasteiger partial charge in [0.2, 0.25) is 0 Å². The fourth-order valence-electron chi connectivity index (χ4n) is 2.12. The van der Waals surface area contributed by atoms with E-state index in [9.17, 15) is 0 Å². The summed E-state index contributed by atoms with van der Waals surface area (Å²) in [7, 11) is 0. The van der Waals surface area contributed by atoms with Gasteiger partial charge in [-0.05, 0) is 57.6 Å². The molecular formula is C18H31N. The molecule has 0 aliphatic carbocycles. The fourth-order valence-corrected chi connectivity index (χ4v) is 2.12. The molecule has 1 aromatic carbocycles. The lowest BCUT2D eigenvalue weighted by Gasteiger charge is -2.34. The van der Waals surface area contributed by atoms with E-state index in [-0.39, 0.29) is 5.54 Å². The molecule has 1 rings (SSSR count). The average Bonchev–Trinajstić information content (AvgIpc) is 2.23. The first kappa shape index (κ1) is 16.2. The first-order chi connectivity index (χ1) is 8.58. The van der Waals surface area contributed by atoms with Crippen LogP contribution in [-0.4, -0.2) is 12.1 Å². The van der Waals surface area contributed by atoms with E-state index in [4.69, 9.17) is 0 Å². The Hall–Kier alpha value is -0.820. The number of hydrogen-bond acceptors (Lipinski definition) is 1. The Morgan fingerprint density at radius 2 is 1.47 bits per heavy atom. The van der Waals surface area contributed by atoms with E-state index < -0.39 is 0 Å².